The van der Waals surface area contributed by atoms with Gasteiger partial charge in [-0.2, -0.15) is 0 Å². The summed E-state index contributed by atoms with van der Waals surface area (Å²) in [6.07, 6.45) is 1.97. The van der Waals surface area contributed by atoms with Crippen LogP contribution in [-0.4, -0.2) is 12.5 Å². The fourth-order valence-corrected chi connectivity index (χ4v) is 3.24. The number of ether oxygens (including phenoxy) is 1. The maximum Gasteiger partial charge on any atom is 0.293 e. The van der Waals surface area contributed by atoms with E-state index in [0.717, 1.165) is 24.3 Å². The van der Waals surface area contributed by atoms with Gasteiger partial charge < -0.3 is 14.1 Å². The Morgan fingerprint density at radius 2 is 1.88 bits per heavy atom. The highest BCUT2D eigenvalue weighted by molar-refractivity contribution is 6.04. The Kier molecular flexibility index (Phi) is 4.48. The lowest BCUT2D eigenvalue weighted by Crippen LogP contribution is -2.35. The van der Waals surface area contributed by atoms with Crippen LogP contribution < -0.4 is 9.64 Å². The molecule has 1 aliphatic heterocycles. The zero-order valence-electron chi connectivity index (χ0n) is 14.8. The topological polar surface area (TPSA) is 42.7 Å². The summed E-state index contributed by atoms with van der Waals surface area (Å²) in [5.74, 6) is 1.67. The van der Waals surface area contributed by atoms with Gasteiger partial charge in [-0.1, -0.05) is 35.9 Å². The molecule has 0 N–H and O–H groups in total. The number of para-hydroxylation sites is 1. The number of rotatable bonds is 4. The van der Waals surface area contributed by atoms with Crippen LogP contribution in [0.1, 0.15) is 33.9 Å². The molecule has 2 aromatic carbocycles. The first kappa shape index (κ1) is 16.5. The molecule has 0 bridgehead atoms. The van der Waals surface area contributed by atoms with Gasteiger partial charge in [0.05, 0.1) is 0 Å². The number of furan rings is 1. The van der Waals surface area contributed by atoms with Gasteiger partial charge in [-0.05, 0) is 55.7 Å². The fourth-order valence-electron chi connectivity index (χ4n) is 3.24. The Morgan fingerprint density at radius 1 is 1.08 bits per heavy atom. The highest BCUT2D eigenvalue weighted by atomic mass is 16.5. The van der Waals surface area contributed by atoms with Crippen molar-refractivity contribution in [2.45, 2.75) is 26.4 Å². The van der Waals surface area contributed by atoms with Crippen LogP contribution in [0, 0.1) is 6.92 Å². The Balaban J connectivity index is 1.46. The lowest BCUT2D eigenvalue weighted by atomic mass is 10.0. The third-order valence-electron chi connectivity index (χ3n) is 4.63. The smallest absolute Gasteiger partial charge is 0.293 e. The summed E-state index contributed by atoms with van der Waals surface area (Å²) < 4.78 is 11.5. The van der Waals surface area contributed by atoms with Crippen molar-refractivity contribution < 1.29 is 13.9 Å². The summed E-state index contributed by atoms with van der Waals surface area (Å²) in [5.41, 5.74) is 3.38. The maximum absolute atomic E-state index is 12.9. The second-order valence-electron chi connectivity index (χ2n) is 6.56. The van der Waals surface area contributed by atoms with Crippen molar-refractivity contribution in [1.29, 1.82) is 0 Å². The number of nitrogens with zero attached hydrogens (tertiary/aromatic N) is 1. The van der Waals surface area contributed by atoms with Crippen LogP contribution >= 0.6 is 0 Å². The SMILES string of the molecule is Cc1ccc(OCc2ccc(C(=O)N3CCCc4ccccc43)o2)cc1. The predicted molar refractivity (Wildman–Crippen MR) is 101 cm³/mol. The number of benzene rings is 2. The molecular formula is C22H21NO3. The fraction of sp³-hybridized carbons (Fsp3) is 0.227. The minimum Gasteiger partial charge on any atom is -0.486 e. The lowest BCUT2D eigenvalue weighted by molar-refractivity contribution is 0.0954. The van der Waals surface area contributed by atoms with Crippen molar-refractivity contribution in [3.63, 3.8) is 0 Å². The van der Waals surface area contributed by atoms with Crippen molar-refractivity contribution in [3.05, 3.63) is 83.3 Å². The van der Waals surface area contributed by atoms with Gasteiger partial charge in [-0.15, -0.1) is 0 Å². The van der Waals surface area contributed by atoms with Crippen LogP contribution in [0.2, 0.25) is 0 Å². The summed E-state index contributed by atoms with van der Waals surface area (Å²) in [5, 5.41) is 0. The second kappa shape index (κ2) is 7.08. The quantitative estimate of drug-likeness (QED) is 0.683. The number of amides is 1. The van der Waals surface area contributed by atoms with E-state index in [1.54, 1.807) is 12.1 Å². The van der Waals surface area contributed by atoms with Crippen molar-refractivity contribution in [2.24, 2.45) is 0 Å². The molecule has 1 aromatic heterocycles. The molecule has 0 radical (unpaired) electrons. The number of aryl methyl sites for hydroxylation is 2. The molecule has 0 atom stereocenters. The molecule has 2 heterocycles. The number of anilines is 1. The molecule has 0 saturated carbocycles. The van der Waals surface area contributed by atoms with E-state index in [9.17, 15) is 4.79 Å². The van der Waals surface area contributed by atoms with Crippen LogP contribution in [0.4, 0.5) is 5.69 Å². The van der Waals surface area contributed by atoms with Crippen molar-refractivity contribution in [2.75, 3.05) is 11.4 Å². The van der Waals surface area contributed by atoms with Gasteiger partial charge in [0.25, 0.3) is 5.91 Å². The monoisotopic (exact) mass is 347 g/mol. The van der Waals surface area contributed by atoms with Gasteiger partial charge in [0.1, 0.15) is 18.1 Å². The van der Waals surface area contributed by atoms with Gasteiger partial charge in [0.15, 0.2) is 5.76 Å². The summed E-state index contributed by atoms with van der Waals surface area (Å²) in [6, 6.07) is 19.4. The van der Waals surface area contributed by atoms with Crippen LogP contribution in [-0.2, 0) is 13.0 Å². The Bertz CT molecular complexity index is 911. The highest BCUT2D eigenvalue weighted by Crippen LogP contribution is 2.28. The molecule has 0 spiro atoms. The van der Waals surface area contributed by atoms with E-state index >= 15 is 0 Å². The molecule has 4 heteroatoms. The molecule has 0 saturated heterocycles. The molecule has 3 aromatic rings. The highest BCUT2D eigenvalue weighted by Gasteiger charge is 2.25. The number of hydrogen-bond acceptors (Lipinski definition) is 3. The molecule has 132 valence electrons. The normalized spacial score (nSPS) is 13.3. The number of fused-ring (bicyclic) bond motifs is 1. The van der Waals surface area contributed by atoms with Crippen molar-refractivity contribution in [1.82, 2.24) is 0 Å². The van der Waals surface area contributed by atoms with Crippen LogP contribution in [0.3, 0.4) is 0 Å². The van der Waals surface area contributed by atoms with Gasteiger partial charge in [0, 0.05) is 12.2 Å². The van der Waals surface area contributed by atoms with Gasteiger partial charge in [-0.25, -0.2) is 0 Å². The predicted octanol–water partition coefficient (Wildman–Crippen LogP) is 4.76. The minimum absolute atomic E-state index is 0.0984. The third-order valence-corrected chi connectivity index (χ3v) is 4.63. The van der Waals surface area contributed by atoms with E-state index in [-0.39, 0.29) is 5.91 Å². The van der Waals surface area contributed by atoms with Gasteiger partial charge >= 0.3 is 0 Å². The molecule has 1 aliphatic rings. The summed E-state index contributed by atoms with van der Waals surface area (Å²) in [6.45, 7) is 3.05. The summed E-state index contributed by atoms with van der Waals surface area (Å²) in [7, 11) is 0. The molecule has 1 amide bonds. The average Bonchev–Trinajstić information content (AvgIpc) is 3.15. The lowest BCUT2D eigenvalue weighted by Gasteiger charge is -2.28. The maximum atomic E-state index is 12.9. The molecule has 26 heavy (non-hydrogen) atoms. The average molecular weight is 347 g/mol. The Hall–Kier alpha value is -3.01. The molecule has 0 unspecified atom stereocenters. The van der Waals surface area contributed by atoms with E-state index in [2.05, 4.69) is 6.07 Å². The first-order valence-corrected chi connectivity index (χ1v) is 8.89. The zero-order chi connectivity index (χ0) is 17.9. The summed E-state index contributed by atoms with van der Waals surface area (Å²) >= 11 is 0. The molecular weight excluding hydrogens is 326 g/mol. The summed E-state index contributed by atoms with van der Waals surface area (Å²) in [4.78, 5) is 14.7. The van der Waals surface area contributed by atoms with Crippen LogP contribution in [0.15, 0.2) is 65.1 Å². The molecule has 4 rings (SSSR count). The van der Waals surface area contributed by atoms with E-state index in [0.29, 0.717) is 24.7 Å². The first-order chi connectivity index (χ1) is 12.7. The number of hydrogen-bond donors (Lipinski definition) is 0. The third kappa shape index (κ3) is 3.36. The number of carbonyl (C=O) groups is 1. The standard InChI is InChI=1S/C22H21NO3/c1-16-8-10-18(11-9-16)25-15-19-12-13-21(26-19)22(24)23-14-4-6-17-5-2-3-7-20(17)23/h2-3,5,7-13H,4,6,14-15H2,1H3. The van der Waals surface area contributed by atoms with E-state index in [4.69, 9.17) is 9.15 Å². The van der Waals surface area contributed by atoms with Crippen molar-refractivity contribution >= 4 is 11.6 Å². The largest absolute Gasteiger partial charge is 0.486 e. The number of carbonyl (C=O) groups excluding carboxylic acids is 1. The molecule has 0 aliphatic carbocycles. The van der Waals surface area contributed by atoms with Crippen LogP contribution in [0.25, 0.3) is 0 Å². The molecule has 4 nitrogen and oxygen atoms in total. The minimum atomic E-state index is -0.0984. The van der Waals surface area contributed by atoms with Crippen molar-refractivity contribution in [3.8, 4) is 5.75 Å². The Labute approximate surface area is 153 Å². The van der Waals surface area contributed by atoms with Gasteiger partial charge in [0.2, 0.25) is 0 Å². The van der Waals surface area contributed by atoms with E-state index < -0.39 is 0 Å². The zero-order valence-corrected chi connectivity index (χ0v) is 14.8. The van der Waals surface area contributed by atoms with Crippen LogP contribution in [0.5, 0.6) is 5.75 Å². The van der Waals surface area contributed by atoms with Gasteiger partial charge in [-0.3, -0.25) is 4.79 Å². The van der Waals surface area contributed by atoms with E-state index in [1.807, 2.05) is 54.3 Å². The molecule has 0 fully saturated rings. The van der Waals surface area contributed by atoms with E-state index in [1.165, 1.54) is 11.1 Å². The Morgan fingerprint density at radius 3 is 2.73 bits per heavy atom. The first-order valence-electron chi connectivity index (χ1n) is 8.89. The second-order valence-corrected chi connectivity index (χ2v) is 6.56.